The Morgan fingerprint density at radius 1 is 1.52 bits per heavy atom. The van der Waals surface area contributed by atoms with E-state index in [2.05, 4.69) is 32.2 Å². The molecule has 23 heavy (non-hydrogen) atoms. The summed E-state index contributed by atoms with van der Waals surface area (Å²) in [5, 5.41) is 16.5. The molecule has 0 spiro atoms. The van der Waals surface area contributed by atoms with Crippen molar-refractivity contribution in [1.82, 2.24) is 10.2 Å². The van der Waals surface area contributed by atoms with Gasteiger partial charge in [0.05, 0.1) is 11.5 Å². The number of hydrogen-bond acceptors (Lipinski definition) is 4. The molecule has 0 fully saturated rings. The number of ether oxygens (including phenoxy) is 1. The van der Waals surface area contributed by atoms with Gasteiger partial charge >= 0.3 is 0 Å². The van der Waals surface area contributed by atoms with Crippen molar-refractivity contribution in [2.75, 3.05) is 0 Å². The topological polar surface area (TPSA) is 87.7 Å². The van der Waals surface area contributed by atoms with E-state index in [0.29, 0.717) is 17.0 Å². The lowest BCUT2D eigenvalue weighted by molar-refractivity contribution is 0.377. The molecule has 2 heterocycles. The third-order valence-electron chi connectivity index (χ3n) is 3.79. The lowest BCUT2D eigenvalue weighted by Gasteiger charge is -2.24. The highest BCUT2D eigenvalue weighted by molar-refractivity contribution is 9.10. The van der Waals surface area contributed by atoms with E-state index >= 15 is 0 Å². The largest absolute Gasteiger partial charge is 0.420 e. The van der Waals surface area contributed by atoms with E-state index in [9.17, 15) is 9.65 Å². The van der Waals surface area contributed by atoms with Gasteiger partial charge in [-0.25, -0.2) is 4.39 Å². The van der Waals surface area contributed by atoms with E-state index < -0.39 is 11.7 Å². The smallest absolute Gasteiger partial charge is 0.244 e. The van der Waals surface area contributed by atoms with Crippen LogP contribution in [0.1, 0.15) is 36.1 Å². The molecular weight excluding hydrogens is 363 g/mol. The molecule has 5 nitrogen and oxygen atoms in total. The fourth-order valence-electron chi connectivity index (χ4n) is 2.80. The molecule has 3 rings (SSSR count). The number of allylic oxidation sites excluding steroid dienone is 1. The average molecular weight is 377 g/mol. The summed E-state index contributed by atoms with van der Waals surface area (Å²) in [6.45, 7) is 2.03. The van der Waals surface area contributed by atoms with Gasteiger partial charge in [-0.05, 0) is 24.6 Å². The minimum Gasteiger partial charge on any atom is -0.420 e. The Balaban J connectivity index is 2.26. The number of nitrogens with one attached hydrogen (secondary N) is 1. The summed E-state index contributed by atoms with van der Waals surface area (Å²) in [7, 11) is 0. The SMILES string of the molecule is CCCc1[nH]nc2c1C(c1cc(Br)ccc1F)C(C#N)=C(N)O2. The van der Waals surface area contributed by atoms with Gasteiger partial charge in [-0.3, -0.25) is 5.10 Å². The van der Waals surface area contributed by atoms with Gasteiger partial charge in [-0.1, -0.05) is 29.3 Å². The van der Waals surface area contributed by atoms with Crippen LogP contribution in [0.2, 0.25) is 0 Å². The maximum Gasteiger partial charge on any atom is 0.244 e. The summed E-state index contributed by atoms with van der Waals surface area (Å²) in [4.78, 5) is 0. The number of nitrogens with two attached hydrogens (primary N) is 1. The van der Waals surface area contributed by atoms with Crippen LogP contribution in [0, 0.1) is 17.1 Å². The highest BCUT2D eigenvalue weighted by Crippen LogP contribution is 2.44. The number of halogens is 2. The fraction of sp³-hybridized carbons (Fsp3) is 0.250. The van der Waals surface area contributed by atoms with Gasteiger partial charge in [-0.2, -0.15) is 5.26 Å². The Morgan fingerprint density at radius 2 is 2.30 bits per heavy atom. The molecule has 7 heteroatoms. The highest BCUT2D eigenvalue weighted by Gasteiger charge is 2.36. The second kappa shape index (κ2) is 6.05. The van der Waals surface area contributed by atoms with Crippen molar-refractivity contribution in [3.63, 3.8) is 0 Å². The molecule has 118 valence electrons. The Labute approximate surface area is 141 Å². The number of benzene rings is 1. The number of fused-ring (bicyclic) bond motifs is 1. The van der Waals surface area contributed by atoms with E-state index in [1.165, 1.54) is 6.07 Å². The normalized spacial score (nSPS) is 16.7. The number of nitriles is 1. The first kappa shape index (κ1) is 15.6. The molecular formula is C16H14BrFN4O. The fourth-order valence-corrected chi connectivity index (χ4v) is 3.17. The van der Waals surface area contributed by atoms with E-state index in [-0.39, 0.29) is 11.5 Å². The Kier molecular flexibility index (Phi) is 4.09. The highest BCUT2D eigenvalue weighted by atomic mass is 79.9. The molecule has 1 aromatic carbocycles. The number of aryl methyl sites for hydroxylation is 1. The first-order valence-electron chi connectivity index (χ1n) is 7.16. The van der Waals surface area contributed by atoms with Crippen molar-refractivity contribution in [2.24, 2.45) is 5.73 Å². The molecule has 1 atom stereocenters. The first-order chi connectivity index (χ1) is 11.1. The molecule has 3 N–H and O–H groups in total. The number of rotatable bonds is 3. The van der Waals surface area contributed by atoms with Crippen molar-refractivity contribution in [3.8, 4) is 11.9 Å². The third kappa shape index (κ3) is 2.59. The van der Waals surface area contributed by atoms with E-state index in [0.717, 1.165) is 23.0 Å². The van der Waals surface area contributed by atoms with Gasteiger partial charge < -0.3 is 10.5 Å². The first-order valence-corrected chi connectivity index (χ1v) is 7.95. The lowest BCUT2D eigenvalue weighted by Crippen LogP contribution is -2.22. The summed E-state index contributed by atoms with van der Waals surface area (Å²) >= 11 is 3.35. The van der Waals surface area contributed by atoms with E-state index in [1.54, 1.807) is 12.1 Å². The third-order valence-corrected chi connectivity index (χ3v) is 4.28. The zero-order chi connectivity index (χ0) is 16.6. The van der Waals surface area contributed by atoms with Crippen LogP contribution in [-0.2, 0) is 6.42 Å². The minimum absolute atomic E-state index is 0.0427. The Hall–Kier alpha value is -2.33. The number of H-pyrrole nitrogens is 1. The lowest BCUT2D eigenvalue weighted by atomic mass is 9.83. The van der Waals surface area contributed by atoms with Gasteiger partial charge in [0.15, 0.2) is 0 Å². The summed E-state index contributed by atoms with van der Waals surface area (Å²) < 4.78 is 20.6. The molecule has 0 amide bonds. The van der Waals surface area contributed by atoms with Crippen LogP contribution in [0.5, 0.6) is 5.88 Å². The molecule has 0 saturated carbocycles. The van der Waals surface area contributed by atoms with Crippen LogP contribution in [0.3, 0.4) is 0 Å². The van der Waals surface area contributed by atoms with Crippen molar-refractivity contribution in [2.45, 2.75) is 25.7 Å². The summed E-state index contributed by atoms with van der Waals surface area (Å²) in [5.74, 6) is -0.787. The predicted octanol–water partition coefficient (Wildman–Crippen LogP) is 3.48. The van der Waals surface area contributed by atoms with Crippen LogP contribution in [0.15, 0.2) is 34.1 Å². The summed E-state index contributed by atoms with van der Waals surface area (Å²) in [6.07, 6.45) is 1.60. The van der Waals surface area contributed by atoms with E-state index in [4.69, 9.17) is 10.5 Å². The van der Waals surface area contributed by atoms with Gasteiger partial charge in [0, 0.05) is 15.7 Å². The standard InChI is InChI=1S/C16H14BrFN4O/c1-2-3-12-14-13(9-6-8(17)4-5-11(9)18)10(7-19)15(20)23-16(14)22-21-12/h4-6,13H,2-3,20H2,1H3,(H,21,22). The molecule has 0 bridgehead atoms. The van der Waals surface area contributed by atoms with Crippen molar-refractivity contribution in [1.29, 1.82) is 5.26 Å². The van der Waals surface area contributed by atoms with Crippen LogP contribution in [0.25, 0.3) is 0 Å². The maximum absolute atomic E-state index is 14.4. The second-order valence-electron chi connectivity index (χ2n) is 5.26. The average Bonchev–Trinajstić information content (AvgIpc) is 2.91. The van der Waals surface area contributed by atoms with Gasteiger partial charge in [0.2, 0.25) is 11.8 Å². The molecule has 0 saturated heterocycles. The Bertz CT molecular complexity index is 837. The quantitative estimate of drug-likeness (QED) is 0.857. The molecule has 1 unspecified atom stereocenters. The molecule has 0 radical (unpaired) electrons. The number of hydrogen-bond donors (Lipinski definition) is 2. The van der Waals surface area contributed by atoms with Gasteiger partial charge in [0.25, 0.3) is 0 Å². The van der Waals surface area contributed by atoms with Crippen LogP contribution < -0.4 is 10.5 Å². The molecule has 1 aliphatic heterocycles. The predicted molar refractivity (Wildman–Crippen MR) is 86.0 cm³/mol. The zero-order valence-electron chi connectivity index (χ0n) is 12.4. The summed E-state index contributed by atoms with van der Waals surface area (Å²) in [5.41, 5.74) is 7.90. The monoisotopic (exact) mass is 376 g/mol. The van der Waals surface area contributed by atoms with Crippen molar-refractivity contribution in [3.05, 3.63) is 56.8 Å². The van der Waals surface area contributed by atoms with Gasteiger partial charge in [-0.15, -0.1) is 5.10 Å². The minimum atomic E-state index is -0.637. The molecule has 2 aromatic rings. The van der Waals surface area contributed by atoms with Crippen molar-refractivity contribution >= 4 is 15.9 Å². The number of nitrogens with zero attached hydrogens (tertiary/aromatic N) is 2. The number of aromatic amines is 1. The van der Waals surface area contributed by atoms with Crippen molar-refractivity contribution < 1.29 is 9.13 Å². The number of aromatic nitrogens is 2. The molecule has 1 aliphatic rings. The van der Waals surface area contributed by atoms with Gasteiger partial charge in [0.1, 0.15) is 17.5 Å². The van der Waals surface area contributed by atoms with Crippen LogP contribution in [0.4, 0.5) is 4.39 Å². The van der Waals surface area contributed by atoms with E-state index in [1.807, 2.05) is 6.92 Å². The second-order valence-corrected chi connectivity index (χ2v) is 6.18. The molecule has 0 aliphatic carbocycles. The zero-order valence-corrected chi connectivity index (χ0v) is 13.9. The van der Waals surface area contributed by atoms with Crippen LogP contribution in [-0.4, -0.2) is 10.2 Å². The molecule has 1 aromatic heterocycles. The van der Waals surface area contributed by atoms with Crippen LogP contribution >= 0.6 is 15.9 Å². The Morgan fingerprint density at radius 3 is 3.00 bits per heavy atom. The maximum atomic E-state index is 14.4. The summed E-state index contributed by atoms with van der Waals surface area (Å²) in [6, 6.07) is 6.68.